The van der Waals surface area contributed by atoms with Crippen molar-refractivity contribution >= 4 is 22.7 Å². The highest BCUT2D eigenvalue weighted by atomic mass is 16.7. The number of anilines is 1. The summed E-state index contributed by atoms with van der Waals surface area (Å²) in [5, 5.41) is 42.5. The van der Waals surface area contributed by atoms with Crippen molar-refractivity contribution < 1.29 is 19.8 Å². The number of nitro benzene ring substituents is 3. The summed E-state index contributed by atoms with van der Waals surface area (Å²) in [5.41, 5.74) is -4.00. The van der Waals surface area contributed by atoms with Gasteiger partial charge in [0.05, 0.1) is 33.4 Å². The lowest BCUT2D eigenvalue weighted by Gasteiger charge is -2.11. The molecule has 0 saturated carbocycles. The fourth-order valence-electron chi connectivity index (χ4n) is 1.59. The molecule has 0 radical (unpaired) electrons. The normalized spacial score (nSPS) is 9.95. The van der Waals surface area contributed by atoms with E-state index in [1.165, 1.54) is 6.92 Å². The minimum Gasteiger partial charge on any atom is -0.258 e. The van der Waals surface area contributed by atoms with E-state index in [0.717, 1.165) is 0 Å². The van der Waals surface area contributed by atoms with Crippen molar-refractivity contribution in [1.82, 2.24) is 0 Å². The first kappa shape index (κ1) is 15.7. The predicted molar refractivity (Wildman–Crippen MR) is 66.4 cm³/mol. The third-order valence-corrected chi connectivity index (χ3v) is 2.41. The van der Waals surface area contributed by atoms with Gasteiger partial charge in [-0.15, -0.1) is 0 Å². The van der Waals surface area contributed by atoms with Gasteiger partial charge >= 0.3 is 11.4 Å². The molecule has 1 aromatic carbocycles. The molecule has 0 aliphatic rings. The fourth-order valence-corrected chi connectivity index (χ4v) is 1.59. The van der Waals surface area contributed by atoms with Gasteiger partial charge in [0.1, 0.15) is 0 Å². The Morgan fingerprint density at radius 3 is 1.57 bits per heavy atom. The fraction of sp³-hybridized carbons (Fsp3) is 0.250. The van der Waals surface area contributed by atoms with Crippen molar-refractivity contribution in [2.45, 2.75) is 6.92 Å². The van der Waals surface area contributed by atoms with Gasteiger partial charge in [-0.1, -0.05) is 5.01 Å². The van der Waals surface area contributed by atoms with E-state index in [0.29, 0.717) is 12.1 Å². The summed E-state index contributed by atoms with van der Waals surface area (Å²) in [6.07, 6.45) is 0. The average molecular weight is 301 g/mol. The lowest BCUT2D eigenvalue weighted by molar-refractivity contribution is -0.497. The molecule has 0 saturated heterocycles. The number of hydrogen-bond donors (Lipinski definition) is 0. The van der Waals surface area contributed by atoms with Crippen LogP contribution in [-0.4, -0.2) is 26.3 Å². The second-order valence-corrected chi connectivity index (χ2v) is 3.56. The molecule has 0 unspecified atom stereocenters. The topological polar surface area (TPSA) is 176 Å². The molecule has 0 spiro atoms. The van der Waals surface area contributed by atoms with Crippen molar-refractivity contribution in [3.63, 3.8) is 0 Å². The van der Waals surface area contributed by atoms with Crippen LogP contribution >= 0.6 is 0 Å². The molecule has 0 fully saturated rings. The Hall–Kier alpha value is -3.38. The number of nitro groups is 4. The van der Waals surface area contributed by atoms with E-state index in [1.807, 2.05) is 0 Å². The van der Waals surface area contributed by atoms with Crippen LogP contribution in [-0.2, 0) is 0 Å². The van der Waals surface area contributed by atoms with Crippen LogP contribution in [0.2, 0.25) is 0 Å². The minimum absolute atomic E-state index is 0.181. The second kappa shape index (κ2) is 5.72. The Morgan fingerprint density at radius 2 is 1.33 bits per heavy atom. The van der Waals surface area contributed by atoms with Gasteiger partial charge < -0.3 is 0 Å². The quantitative estimate of drug-likeness (QED) is 0.555. The van der Waals surface area contributed by atoms with Crippen LogP contribution < -0.4 is 5.01 Å². The highest BCUT2D eigenvalue weighted by molar-refractivity contribution is 5.77. The monoisotopic (exact) mass is 301 g/mol. The van der Waals surface area contributed by atoms with Gasteiger partial charge in [-0.2, -0.15) is 0 Å². The third-order valence-electron chi connectivity index (χ3n) is 2.41. The molecule has 0 atom stereocenters. The zero-order valence-electron chi connectivity index (χ0n) is 10.4. The van der Waals surface area contributed by atoms with Gasteiger partial charge in [0.15, 0.2) is 5.03 Å². The second-order valence-electron chi connectivity index (χ2n) is 3.56. The summed E-state index contributed by atoms with van der Waals surface area (Å²) in [5.74, 6) is 0. The van der Waals surface area contributed by atoms with Gasteiger partial charge in [-0.25, -0.2) is 10.1 Å². The van der Waals surface area contributed by atoms with Crippen molar-refractivity contribution in [3.8, 4) is 0 Å². The van der Waals surface area contributed by atoms with Gasteiger partial charge in [-0.3, -0.25) is 30.3 Å². The zero-order chi connectivity index (χ0) is 16.3. The molecular weight excluding hydrogens is 294 g/mol. The Balaban J connectivity index is 3.81. The van der Waals surface area contributed by atoms with Gasteiger partial charge in [0.2, 0.25) is 0 Å². The van der Waals surface area contributed by atoms with Gasteiger partial charge in [0.25, 0.3) is 11.4 Å². The molecule has 0 amide bonds. The maximum atomic E-state index is 10.9. The maximum absolute atomic E-state index is 10.9. The molecule has 0 aliphatic heterocycles. The van der Waals surface area contributed by atoms with Crippen molar-refractivity contribution in [1.29, 1.82) is 0 Å². The van der Waals surface area contributed by atoms with E-state index in [1.54, 1.807) is 0 Å². The first-order valence-electron chi connectivity index (χ1n) is 5.23. The van der Waals surface area contributed by atoms with E-state index in [-0.39, 0.29) is 5.01 Å². The lowest BCUT2D eigenvalue weighted by Crippen LogP contribution is -2.30. The van der Waals surface area contributed by atoms with Crippen molar-refractivity contribution in [2.24, 2.45) is 0 Å². The van der Waals surface area contributed by atoms with Crippen molar-refractivity contribution in [3.05, 3.63) is 52.6 Å². The molecule has 0 aliphatic carbocycles. The van der Waals surface area contributed by atoms with Crippen LogP contribution in [0.1, 0.15) is 6.92 Å². The number of hydrogen-bond acceptors (Lipinski definition) is 8. The highest BCUT2D eigenvalue weighted by Crippen LogP contribution is 2.40. The Bertz CT molecular complexity index is 609. The maximum Gasteiger partial charge on any atom is 0.312 e. The van der Waals surface area contributed by atoms with E-state index in [9.17, 15) is 40.5 Å². The molecule has 1 rings (SSSR count). The number of non-ortho nitro benzene ring substituents is 1. The van der Waals surface area contributed by atoms with Crippen LogP contribution in [0.4, 0.5) is 22.7 Å². The van der Waals surface area contributed by atoms with Crippen molar-refractivity contribution in [2.75, 3.05) is 11.6 Å². The molecule has 0 heterocycles. The van der Waals surface area contributed by atoms with E-state index < -0.39 is 49.1 Å². The van der Waals surface area contributed by atoms with Crippen LogP contribution in [0, 0.1) is 40.5 Å². The van der Waals surface area contributed by atoms with Crippen LogP contribution in [0.15, 0.2) is 12.1 Å². The molecule has 13 heteroatoms. The van der Waals surface area contributed by atoms with Gasteiger partial charge in [-0.05, 0) is 6.92 Å². The number of rotatable bonds is 6. The number of hydrazine groups is 1. The highest BCUT2D eigenvalue weighted by Gasteiger charge is 2.38. The third kappa shape index (κ3) is 2.96. The van der Waals surface area contributed by atoms with Gasteiger partial charge in [0, 0.05) is 0 Å². The van der Waals surface area contributed by atoms with E-state index >= 15 is 0 Å². The smallest absolute Gasteiger partial charge is 0.258 e. The molecule has 0 N–H and O–H groups in total. The lowest BCUT2D eigenvalue weighted by atomic mass is 10.2. The molecular formula is C8H7N5O8. The average Bonchev–Trinajstić information content (AvgIpc) is 2.38. The van der Waals surface area contributed by atoms with Crippen LogP contribution in [0.3, 0.4) is 0 Å². The minimum atomic E-state index is -1.15. The summed E-state index contributed by atoms with van der Waals surface area (Å²) in [4.78, 5) is 40.0. The molecule has 112 valence electrons. The summed E-state index contributed by atoms with van der Waals surface area (Å²) >= 11 is 0. The first-order chi connectivity index (χ1) is 9.70. The SMILES string of the molecule is CCN(c1c([N+](=O)[O-])cc([N+](=O)[O-])cc1[N+](=O)[O-])[N+](=O)[O-]. The Labute approximate surface area is 115 Å². The number of benzene rings is 1. The molecule has 0 bridgehead atoms. The molecule has 1 aromatic rings. The van der Waals surface area contributed by atoms with E-state index in [2.05, 4.69) is 0 Å². The van der Waals surface area contributed by atoms with Crippen LogP contribution in [0.5, 0.6) is 0 Å². The van der Waals surface area contributed by atoms with E-state index in [4.69, 9.17) is 0 Å². The Morgan fingerprint density at radius 1 is 0.905 bits per heavy atom. The number of nitrogens with zero attached hydrogens (tertiary/aromatic N) is 5. The summed E-state index contributed by atoms with van der Waals surface area (Å²) in [6, 6.07) is 0.878. The first-order valence-corrected chi connectivity index (χ1v) is 5.23. The summed E-state index contributed by atoms with van der Waals surface area (Å²) in [7, 11) is 0. The van der Waals surface area contributed by atoms with Crippen LogP contribution in [0.25, 0.3) is 0 Å². The zero-order valence-corrected chi connectivity index (χ0v) is 10.4. The Kier molecular flexibility index (Phi) is 4.27. The summed E-state index contributed by atoms with van der Waals surface area (Å²) < 4.78 is 0. The summed E-state index contributed by atoms with van der Waals surface area (Å²) in [6.45, 7) is 0.837. The molecule has 21 heavy (non-hydrogen) atoms. The standard InChI is InChI=1S/C8H7N5O8/c1-2-9(13(20)21)8-6(11(16)17)3-5(10(14)15)4-7(8)12(18)19/h3-4H,2H2,1H3. The largest absolute Gasteiger partial charge is 0.312 e. The molecule has 0 aromatic heterocycles. The predicted octanol–water partition coefficient (Wildman–Crippen LogP) is 1.43. The molecule has 13 nitrogen and oxygen atoms in total.